The quantitative estimate of drug-likeness (QED) is 0.625. The Morgan fingerprint density at radius 1 is 1.43 bits per heavy atom. The van der Waals surface area contributed by atoms with Gasteiger partial charge in [-0.3, -0.25) is 4.90 Å². The predicted molar refractivity (Wildman–Crippen MR) is 58.4 cm³/mol. The van der Waals surface area contributed by atoms with Crippen LogP contribution < -0.4 is 0 Å². The molecule has 0 aromatic heterocycles. The van der Waals surface area contributed by atoms with Crippen molar-refractivity contribution < 1.29 is 4.74 Å². The monoisotopic (exact) mass is 195 g/mol. The first-order valence-corrected chi connectivity index (χ1v) is 5.80. The van der Waals surface area contributed by atoms with Crippen LogP contribution in [0.1, 0.15) is 26.2 Å². The van der Waals surface area contributed by atoms with E-state index in [1.807, 2.05) is 0 Å². The van der Waals surface area contributed by atoms with Crippen LogP contribution in [0, 0.1) is 5.92 Å². The molecule has 2 aliphatic heterocycles. The molecule has 2 heterocycles. The van der Waals surface area contributed by atoms with E-state index in [0.29, 0.717) is 0 Å². The maximum absolute atomic E-state index is 5.38. The molecule has 0 spiro atoms. The lowest BCUT2D eigenvalue weighted by Crippen LogP contribution is -2.35. The van der Waals surface area contributed by atoms with E-state index in [-0.39, 0.29) is 0 Å². The zero-order chi connectivity index (χ0) is 9.80. The van der Waals surface area contributed by atoms with Gasteiger partial charge in [-0.25, -0.2) is 0 Å². The van der Waals surface area contributed by atoms with Gasteiger partial charge < -0.3 is 4.74 Å². The van der Waals surface area contributed by atoms with Crippen LogP contribution in [0.5, 0.6) is 0 Å². The zero-order valence-corrected chi connectivity index (χ0v) is 9.17. The molecule has 0 aromatic rings. The predicted octanol–water partition coefficient (Wildman–Crippen LogP) is 2.06. The maximum atomic E-state index is 5.38. The summed E-state index contributed by atoms with van der Waals surface area (Å²) < 4.78 is 5.38. The highest BCUT2D eigenvalue weighted by molar-refractivity contribution is 5.04. The summed E-state index contributed by atoms with van der Waals surface area (Å²) in [5, 5.41) is 0. The van der Waals surface area contributed by atoms with Crippen LogP contribution in [0.25, 0.3) is 0 Å². The molecule has 14 heavy (non-hydrogen) atoms. The molecule has 0 N–H and O–H groups in total. The highest BCUT2D eigenvalue weighted by Gasteiger charge is 2.18. The second kappa shape index (κ2) is 4.94. The number of hydrogen-bond donors (Lipinski definition) is 0. The highest BCUT2D eigenvalue weighted by Crippen LogP contribution is 2.18. The van der Waals surface area contributed by atoms with Gasteiger partial charge in [0.1, 0.15) is 0 Å². The fourth-order valence-electron chi connectivity index (χ4n) is 2.44. The van der Waals surface area contributed by atoms with Gasteiger partial charge in [-0.1, -0.05) is 11.6 Å². The molecule has 0 saturated carbocycles. The first kappa shape index (κ1) is 10.2. The summed E-state index contributed by atoms with van der Waals surface area (Å²) in [6.45, 7) is 7.94. The molecule has 80 valence electrons. The Balaban J connectivity index is 1.76. The number of ether oxygens (including phenoxy) is 1. The summed E-state index contributed by atoms with van der Waals surface area (Å²) in [5.41, 5.74) is 1.54. The molecule has 0 radical (unpaired) electrons. The SMILES string of the molecule is CC1=CCCN(CC2CCOCC2)C1. The lowest BCUT2D eigenvalue weighted by atomic mass is 9.98. The van der Waals surface area contributed by atoms with E-state index in [2.05, 4.69) is 17.9 Å². The van der Waals surface area contributed by atoms with E-state index < -0.39 is 0 Å². The van der Waals surface area contributed by atoms with E-state index in [4.69, 9.17) is 4.74 Å². The average Bonchev–Trinajstić information content (AvgIpc) is 2.19. The second-order valence-corrected chi connectivity index (χ2v) is 4.63. The molecule has 2 rings (SSSR count). The summed E-state index contributed by atoms with van der Waals surface area (Å²) in [4.78, 5) is 2.60. The van der Waals surface area contributed by atoms with Crippen LogP contribution in [0.3, 0.4) is 0 Å². The molecule has 1 saturated heterocycles. The van der Waals surface area contributed by atoms with Gasteiger partial charge in [0, 0.05) is 32.8 Å². The largest absolute Gasteiger partial charge is 0.381 e. The third-order valence-corrected chi connectivity index (χ3v) is 3.27. The van der Waals surface area contributed by atoms with Crippen molar-refractivity contribution in [2.75, 3.05) is 32.8 Å². The van der Waals surface area contributed by atoms with Gasteiger partial charge in [0.05, 0.1) is 0 Å². The Morgan fingerprint density at radius 3 is 2.93 bits per heavy atom. The number of rotatable bonds is 2. The minimum atomic E-state index is 0.884. The summed E-state index contributed by atoms with van der Waals surface area (Å²) in [7, 11) is 0. The van der Waals surface area contributed by atoms with Gasteiger partial charge in [-0.15, -0.1) is 0 Å². The number of nitrogens with zero attached hydrogens (tertiary/aromatic N) is 1. The van der Waals surface area contributed by atoms with Crippen LogP contribution >= 0.6 is 0 Å². The molecular weight excluding hydrogens is 174 g/mol. The van der Waals surface area contributed by atoms with Crippen LogP contribution in [-0.4, -0.2) is 37.7 Å². The maximum Gasteiger partial charge on any atom is 0.0469 e. The Bertz CT molecular complexity index is 206. The van der Waals surface area contributed by atoms with Crippen molar-refractivity contribution in [2.24, 2.45) is 5.92 Å². The van der Waals surface area contributed by atoms with Crippen molar-refractivity contribution >= 4 is 0 Å². The summed E-state index contributed by atoms with van der Waals surface area (Å²) in [5.74, 6) is 0.884. The van der Waals surface area contributed by atoms with Crippen LogP contribution in [-0.2, 0) is 4.74 Å². The minimum absolute atomic E-state index is 0.884. The first-order valence-electron chi connectivity index (χ1n) is 5.80. The molecule has 0 atom stereocenters. The molecule has 0 aromatic carbocycles. The lowest BCUT2D eigenvalue weighted by molar-refractivity contribution is 0.0534. The van der Waals surface area contributed by atoms with Crippen molar-refractivity contribution in [3.05, 3.63) is 11.6 Å². The average molecular weight is 195 g/mol. The Morgan fingerprint density at radius 2 is 2.21 bits per heavy atom. The third kappa shape index (κ3) is 2.82. The fourth-order valence-corrected chi connectivity index (χ4v) is 2.44. The van der Waals surface area contributed by atoms with Gasteiger partial charge in [0.15, 0.2) is 0 Å². The van der Waals surface area contributed by atoms with Crippen molar-refractivity contribution in [1.29, 1.82) is 0 Å². The van der Waals surface area contributed by atoms with Crippen LogP contribution in [0.4, 0.5) is 0 Å². The smallest absolute Gasteiger partial charge is 0.0469 e. The highest BCUT2D eigenvalue weighted by atomic mass is 16.5. The van der Waals surface area contributed by atoms with Crippen LogP contribution in [0.15, 0.2) is 11.6 Å². The van der Waals surface area contributed by atoms with Crippen molar-refractivity contribution in [1.82, 2.24) is 4.90 Å². The van der Waals surface area contributed by atoms with E-state index >= 15 is 0 Å². The van der Waals surface area contributed by atoms with Crippen LogP contribution in [0.2, 0.25) is 0 Å². The molecule has 2 nitrogen and oxygen atoms in total. The molecule has 0 aliphatic carbocycles. The lowest BCUT2D eigenvalue weighted by Gasteiger charge is -2.31. The summed E-state index contributed by atoms with van der Waals surface area (Å²) in [6.07, 6.45) is 6.15. The molecule has 0 bridgehead atoms. The molecule has 1 fully saturated rings. The zero-order valence-electron chi connectivity index (χ0n) is 9.17. The number of hydrogen-bond acceptors (Lipinski definition) is 2. The van der Waals surface area contributed by atoms with Crippen molar-refractivity contribution in [3.63, 3.8) is 0 Å². The van der Waals surface area contributed by atoms with Gasteiger partial charge in [-0.05, 0) is 32.1 Å². The van der Waals surface area contributed by atoms with Gasteiger partial charge in [-0.2, -0.15) is 0 Å². The topological polar surface area (TPSA) is 12.5 Å². The standard InChI is InChI=1S/C12H21NO/c1-11-3-2-6-13(9-11)10-12-4-7-14-8-5-12/h3,12H,2,4-10H2,1H3. The summed E-state index contributed by atoms with van der Waals surface area (Å²) in [6, 6.07) is 0. The second-order valence-electron chi connectivity index (χ2n) is 4.63. The Hall–Kier alpha value is -0.340. The molecule has 2 heteroatoms. The molecule has 2 aliphatic rings. The van der Waals surface area contributed by atoms with Crippen molar-refractivity contribution in [2.45, 2.75) is 26.2 Å². The van der Waals surface area contributed by atoms with E-state index in [9.17, 15) is 0 Å². The van der Waals surface area contributed by atoms with E-state index in [1.54, 1.807) is 5.57 Å². The minimum Gasteiger partial charge on any atom is -0.381 e. The van der Waals surface area contributed by atoms with E-state index in [0.717, 1.165) is 19.1 Å². The third-order valence-electron chi connectivity index (χ3n) is 3.27. The van der Waals surface area contributed by atoms with Gasteiger partial charge >= 0.3 is 0 Å². The molecule has 0 unspecified atom stereocenters. The fraction of sp³-hybridized carbons (Fsp3) is 0.833. The normalized spacial score (nSPS) is 26.2. The summed E-state index contributed by atoms with van der Waals surface area (Å²) >= 11 is 0. The Labute approximate surface area is 86.9 Å². The Kier molecular flexibility index (Phi) is 3.60. The molecular formula is C12H21NO. The van der Waals surface area contributed by atoms with Gasteiger partial charge in [0.2, 0.25) is 0 Å². The van der Waals surface area contributed by atoms with Gasteiger partial charge in [0.25, 0.3) is 0 Å². The van der Waals surface area contributed by atoms with E-state index in [1.165, 1.54) is 38.9 Å². The first-order chi connectivity index (χ1) is 6.84. The van der Waals surface area contributed by atoms with Crippen molar-refractivity contribution in [3.8, 4) is 0 Å². The molecule has 0 amide bonds.